The molecule has 106 valence electrons. The van der Waals surface area contributed by atoms with E-state index in [9.17, 15) is 8.42 Å². The molecule has 2 aromatic rings. The molecule has 2 rings (SSSR count). The van der Waals surface area contributed by atoms with Crippen LogP contribution in [0.25, 0.3) is 0 Å². The van der Waals surface area contributed by atoms with Gasteiger partial charge in [-0.1, -0.05) is 30.3 Å². The second-order valence-corrected chi connectivity index (χ2v) is 6.47. The van der Waals surface area contributed by atoms with Crippen molar-refractivity contribution in [1.29, 1.82) is 0 Å². The van der Waals surface area contributed by atoms with Crippen LogP contribution in [0.4, 0.5) is 0 Å². The van der Waals surface area contributed by atoms with Crippen LogP contribution in [0.15, 0.2) is 42.5 Å². The number of nitrogens with one attached hydrogen (secondary N) is 1. The van der Waals surface area contributed by atoms with Gasteiger partial charge >= 0.3 is 0 Å². The molecule has 0 radical (unpaired) electrons. The van der Waals surface area contributed by atoms with Crippen LogP contribution < -0.4 is 4.72 Å². The fraction of sp³-hybridized carbons (Fsp3) is 0.286. The van der Waals surface area contributed by atoms with Crippen LogP contribution in [0.5, 0.6) is 0 Å². The fourth-order valence-electron chi connectivity index (χ4n) is 1.67. The van der Waals surface area contributed by atoms with Gasteiger partial charge in [-0.05, 0) is 31.0 Å². The van der Waals surface area contributed by atoms with E-state index in [1.807, 2.05) is 37.3 Å². The first-order chi connectivity index (χ1) is 9.55. The second-order valence-electron chi connectivity index (χ2n) is 4.54. The third-order valence-corrected chi connectivity index (χ3v) is 4.15. The summed E-state index contributed by atoms with van der Waals surface area (Å²) >= 11 is 0. The van der Waals surface area contributed by atoms with Gasteiger partial charge < -0.3 is 0 Å². The Labute approximate surface area is 119 Å². The standard InChI is InChI=1S/C14H17N3O2S/c1-12-7-8-14(17-16-12)11-15-20(18,19)10-9-13-5-3-2-4-6-13/h2-8,15H,9-11H2,1H3. The van der Waals surface area contributed by atoms with Crippen molar-refractivity contribution in [3.8, 4) is 0 Å². The minimum absolute atomic E-state index is 0.0658. The third kappa shape index (κ3) is 4.71. The monoisotopic (exact) mass is 291 g/mol. The van der Waals surface area contributed by atoms with E-state index in [1.54, 1.807) is 12.1 Å². The van der Waals surface area contributed by atoms with E-state index in [0.29, 0.717) is 12.1 Å². The highest BCUT2D eigenvalue weighted by molar-refractivity contribution is 7.89. The molecular weight excluding hydrogens is 274 g/mol. The maximum atomic E-state index is 11.9. The molecule has 1 aromatic carbocycles. The molecule has 0 saturated carbocycles. The fourth-order valence-corrected chi connectivity index (χ4v) is 2.69. The Morgan fingerprint density at radius 2 is 1.80 bits per heavy atom. The molecule has 0 bridgehead atoms. The summed E-state index contributed by atoms with van der Waals surface area (Å²) in [5.41, 5.74) is 2.42. The molecule has 20 heavy (non-hydrogen) atoms. The van der Waals surface area contributed by atoms with E-state index in [4.69, 9.17) is 0 Å². The van der Waals surface area contributed by atoms with Crippen LogP contribution in [0.1, 0.15) is 17.0 Å². The molecule has 6 heteroatoms. The predicted octanol–water partition coefficient (Wildman–Crippen LogP) is 1.45. The van der Waals surface area contributed by atoms with E-state index in [0.717, 1.165) is 11.3 Å². The van der Waals surface area contributed by atoms with Gasteiger partial charge in [-0.25, -0.2) is 13.1 Å². The summed E-state index contributed by atoms with van der Waals surface area (Å²) in [7, 11) is -3.31. The van der Waals surface area contributed by atoms with Crippen molar-refractivity contribution in [3.63, 3.8) is 0 Å². The topological polar surface area (TPSA) is 72.0 Å². The van der Waals surface area contributed by atoms with E-state index < -0.39 is 10.0 Å². The Morgan fingerprint density at radius 1 is 1.05 bits per heavy atom. The van der Waals surface area contributed by atoms with Gasteiger partial charge in [-0.2, -0.15) is 10.2 Å². The van der Waals surface area contributed by atoms with E-state index >= 15 is 0 Å². The number of hydrogen-bond donors (Lipinski definition) is 1. The maximum absolute atomic E-state index is 11.9. The second kappa shape index (κ2) is 6.58. The summed E-state index contributed by atoms with van der Waals surface area (Å²) in [6, 6.07) is 13.1. The lowest BCUT2D eigenvalue weighted by molar-refractivity contribution is 0.579. The first-order valence-electron chi connectivity index (χ1n) is 6.36. The zero-order valence-electron chi connectivity index (χ0n) is 11.3. The van der Waals surface area contributed by atoms with Crippen LogP contribution >= 0.6 is 0 Å². The van der Waals surface area contributed by atoms with Gasteiger partial charge in [0.2, 0.25) is 10.0 Å². The summed E-state index contributed by atoms with van der Waals surface area (Å²) in [5, 5.41) is 7.81. The molecule has 0 aliphatic heterocycles. The van der Waals surface area contributed by atoms with Gasteiger partial charge in [0, 0.05) is 0 Å². The number of hydrogen-bond acceptors (Lipinski definition) is 4. The van der Waals surface area contributed by atoms with Crippen LogP contribution in [0.2, 0.25) is 0 Å². The molecule has 0 amide bonds. The summed E-state index contributed by atoms with van der Waals surface area (Å²) in [5.74, 6) is 0.0658. The highest BCUT2D eigenvalue weighted by atomic mass is 32.2. The van der Waals surface area contributed by atoms with Gasteiger partial charge in [-0.15, -0.1) is 0 Å². The third-order valence-electron chi connectivity index (χ3n) is 2.83. The normalized spacial score (nSPS) is 11.4. The highest BCUT2D eigenvalue weighted by Crippen LogP contribution is 2.02. The number of aryl methyl sites for hydroxylation is 2. The van der Waals surface area contributed by atoms with Crippen LogP contribution in [-0.4, -0.2) is 24.4 Å². The van der Waals surface area contributed by atoms with Crippen LogP contribution in [0, 0.1) is 6.92 Å². The number of sulfonamides is 1. The van der Waals surface area contributed by atoms with Gasteiger partial charge in [0.1, 0.15) is 0 Å². The van der Waals surface area contributed by atoms with Gasteiger partial charge in [0.05, 0.1) is 23.7 Å². The largest absolute Gasteiger partial charge is 0.212 e. The number of aromatic nitrogens is 2. The molecule has 0 unspecified atom stereocenters. The smallest absolute Gasteiger partial charge is 0.212 e. The molecule has 1 heterocycles. The van der Waals surface area contributed by atoms with E-state index in [1.165, 1.54) is 0 Å². The van der Waals surface area contributed by atoms with Crippen LogP contribution in [-0.2, 0) is 23.0 Å². The lowest BCUT2D eigenvalue weighted by Gasteiger charge is -2.06. The van der Waals surface area contributed by atoms with Crippen molar-refractivity contribution >= 4 is 10.0 Å². The molecule has 5 nitrogen and oxygen atoms in total. The average Bonchev–Trinajstić information content (AvgIpc) is 2.46. The van der Waals surface area contributed by atoms with Crippen molar-refractivity contribution in [3.05, 3.63) is 59.4 Å². The van der Waals surface area contributed by atoms with Crippen molar-refractivity contribution < 1.29 is 8.42 Å². The number of benzene rings is 1. The molecule has 1 aromatic heterocycles. The summed E-state index contributed by atoms with van der Waals surface area (Å²) in [6.45, 7) is 2.01. The Kier molecular flexibility index (Phi) is 4.81. The SMILES string of the molecule is Cc1ccc(CNS(=O)(=O)CCc2ccccc2)nn1. The molecule has 0 fully saturated rings. The van der Waals surface area contributed by atoms with E-state index in [2.05, 4.69) is 14.9 Å². The van der Waals surface area contributed by atoms with Crippen molar-refractivity contribution in [2.24, 2.45) is 0 Å². The summed E-state index contributed by atoms with van der Waals surface area (Å²) in [4.78, 5) is 0. The van der Waals surface area contributed by atoms with Crippen molar-refractivity contribution in [1.82, 2.24) is 14.9 Å². The van der Waals surface area contributed by atoms with Gasteiger partial charge in [0.15, 0.2) is 0 Å². The molecule has 0 atom stereocenters. The van der Waals surface area contributed by atoms with Gasteiger partial charge in [0.25, 0.3) is 0 Å². The minimum Gasteiger partial charge on any atom is -0.212 e. The number of nitrogens with zero attached hydrogens (tertiary/aromatic N) is 2. The zero-order chi connectivity index (χ0) is 14.4. The minimum atomic E-state index is -3.31. The van der Waals surface area contributed by atoms with Gasteiger partial charge in [-0.3, -0.25) is 0 Å². The lowest BCUT2D eigenvalue weighted by atomic mass is 10.2. The molecular formula is C14H17N3O2S. The van der Waals surface area contributed by atoms with E-state index in [-0.39, 0.29) is 12.3 Å². The first kappa shape index (κ1) is 14.6. The molecule has 1 N–H and O–H groups in total. The Bertz CT molecular complexity index is 640. The quantitative estimate of drug-likeness (QED) is 0.874. The van der Waals surface area contributed by atoms with Crippen LogP contribution in [0.3, 0.4) is 0 Å². The Balaban J connectivity index is 1.86. The summed E-state index contributed by atoms with van der Waals surface area (Å²) in [6.07, 6.45) is 0.496. The molecule has 0 aliphatic carbocycles. The molecule has 0 saturated heterocycles. The maximum Gasteiger partial charge on any atom is 0.212 e. The lowest BCUT2D eigenvalue weighted by Crippen LogP contribution is -2.27. The molecule has 0 spiro atoms. The first-order valence-corrected chi connectivity index (χ1v) is 8.01. The van der Waals surface area contributed by atoms with Crippen molar-refractivity contribution in [2.45, 2.75) is 19.9 Å². The average molecular weight is 291 g/mol. The predicted molar refractivity (Wildman–Crippen MR) is 77.5 cm³/mol. The highest BCUT2D eigenvalue weighted by Gasteiger charge is 2.10. The number of rotatable bonds is 6. The Morgan fingerprint density at radius 3 is 2.45 bits per heavy atom. The Hall–Kier alpha value is -1.79. The van der Waals surface area contributed by atoms with Crippen molar-refractivity contribution in [2.75, 3.05) is 5.75 Å². The summed E-state index contributed by atoms with van der Waals surface area (Å²) < 4.78 is 26.3. The molecule has 0 aliphatic rings. The zero-order valence-corrected chi connectivity index (χ0v) is 12.1.